The highest BCUT2D eigenvalue weighted by molar-refractivity contribution is 6.01. The summed E-state index contributed by atoms with van der Waals surface area (Å²) >= 11 is 0. The fraction of sp³-hybridized carbons (Fsp3) is 0.500. The molecule has 0 saturated carbocycles. The van der Waals surface area contributed by atoms with E-state index in [2.05, 4.69) is 5.32 Å². The number of aliphatic carboxylic acids is 1. The molecule has 1 aromatic carbocycles. The third-order valence-corrected chi connectivity index (χ3v) is 4.26. The minimum atomic E-state index is -5.08. The number of halogens is 6. The third-order valence-electron chi connectivity index (χ3n) is 4.26. The van der Waals surface area contributed by atoms with Crippen LogP contribution in [0.4, 0.5) is 26.3 Å². The molecule has 0 bridgehead atoms. The Morgan fingerprint density at radius 2 is 1.85 bits per heavy atom. The van der Waals surface area contributed by atoms with Crippen molar-refractivity contribution in [1.29, 1.82) is 0 Å². The first-order chi connectivity index (χ1) is 12.4. The highest BCUT2D eigenvalue weighted by Gasteiger charge is 2.45. The molecule has 2 heterocycles. The second-order valence-electron chi connectivity index (χ2n) is 5.98. The summed E-state index contributed by atoms with van der Waals surface area (Å²) in [4.78, 5) is 22.7. The quantitative estimate of drug-likeness (QED) is 0.714. The van der Waals surface area contributed by atoms with Crippen LogP contribution in [0.3, 0.4) is 0 Å². The molecule has 2 aliphatic heterocycles. The maximum absolute atomic E-state index is 13.2. The van der Waals surface area contributed by atoms with Gasteiger partial charge in [-0.25, -0.2) is 4.79 Å². The van der Waals surface area contributed by atoms with Crippen LogP contribution in [0.15, 0.2) is 12.1 Å². The summed E-state index contributed by atoms with van der Waals surface area (Å²) in [6, 6.07) is 2.60. The molecule has 5 nitrogen and oxygen atoms in total. The first kappa shape index (κ1) is 21.0. The lowest BCUT2D eigenvalue weighted by Crippen LogP contribution is -2.44. The van der Waals surface area contributed by atoms with Gasteiger partial charge in [0.05, 0.1) is 17.2 Å². The normalized spacial score (nSPS) is 19.1. The number of carbonyl (C=O) groups is 2. The lowest BCUT2D eigenvalue weighted by Gasteiger charge is -2.30. The number of hydrogen-bond acceptors (Lipinski definition) is 3. The van der Waals surface area contributed by atoms with Crippen LogP contribution in [0.1, 0.15) is 40.0 Å². The van der Waals surface area contributed by atoms with Gasteiger partial charge in [-0.15, -0.1) is 0 Å². The van der Waals surface area contributed by atoms with Crippen molar-refractivity contribution in [2.24, 2.45) is 0 Å². The summed E-state index contributed by atoms with van der Waals surface area (Å²) in [6.45, 7) is 3.41. The highest BCUT2D eigenvalue weighted by atomic mass is 19.4. The van der Waals surface area contributed by atoms with Gasteiger partial charge in [-0.2, -0.15) is 26.3 Å². The van der Waals surface area contributed by atoms with Crippen LogP contribution in [-0.2, 0) is 17.4 Å². The van der Waals surface area contributed by atoms with Crippen LogP contribution in [-0.4, -0.2) is 47.7 Å². The monoisotopic (exact) mass is 398 g/mol. The number of alkyl halides is 6. The molecule has 0 unspecified atom stereocenters. The molecule has 0 aromatic heterocycles. The molecular formula is C16H16F6N2O3. The van der Waals surface area contributed by atoms with E-state index in [-0.39, 0.29) is 11.6 Å². The van der Waals surface area contributed by atoms with E-state index in [1.54, 1.807) is 11.0 Å². The Hall–Kier alpha value is -2.30. The largest absolute Gasteiger partial charge is 0.490 e. The smallest absolute Gasteiger partial charge is 0.475 e. The molecule has 150 valence electrons. The Labute approximate surface area is 149 Å². The molecule has 0 radical (unpaired) electrons. The van der Waals surface area contributed by atoms with Gasteiger partial charge >= 0.3 is 18.3 Å². The predicted molar refractivity (Wildman–Crippen MR) is 81.2 cm³/mol. The average molecular weight is 398 g/mol. The number of carboxylic acids is 1. The SMILES string of the molecule is CCc1cc2c(c(C(F)(F)F)c1)C(=O)N1CCNC[C@@H]21.O=C(O)C(F)(F)F. The minimum Gasteiger partial charge on any atom is -0.475 e. The summed E-state index contributed by atoms with van der Waals surface area (Å²) in [5.74, 6) is -3.24. The van der Waals surface area contributed by atoms with Gasteiger partial charge < -0.3 is 15.3 Å². The third kappa shape index (κ3) is 4.34. The second-order valence-corrected chi connectivity index (χ2v) is 5.98. The number of nitrogens with one attached hydrogen (secondary N) is 1. The first-order valence-electron chi connectivity index (χ1n) is 7.93. The summed E-state index contributed by atoms with van der Waals surface area (Å²) < 4.78 is 71.4. The van der Waals surface area contributed by atoms with Crippen LogP contribution >= 0.6 is 0 Å². The number of carboxylic acid groups (broad SMARTS) is 1. The molecule has 3 rings (SSSR count). The van der Waals surface area contributed by atoms with Crippen molar-refractivity contribution >= 4 is 11.9 Å². The molecule has 1 aromatic rings. The average Bonchev–Trinajstić information content (AvgIpc) is 2.86. The van der Waals surface area contributed by atoms with Crippen LogP contribution in [0.25, 0.3) is 0 Å². The number of rotatable bonds is 1. The van der Waals surface area contributed by atoms with Gasteiger partial charge in [0.1, 0.15) is 0 Å². The number of amides is 1. The van der Waals surface area contributed by atoms with E-state index in [4.69, 9.17) is 9.90 Å². The standard InChI is InChI=1S/C14H15F3N2O.C2HF3O2/c1-2-8-5-9-11-7-18-3-4-19(11)13(20)12(9)10(6-8)14(15,16)17;3-2(4,5)1(6)7/h5-6,11,18H,2-4,7H2,1H3;(H,6,7)/t11-;/m0./s1. The number of benzene rings is 1. The first-order valence-corrected chi connectivity index (χ1v) is 7.93. The maximum atomic E-state index is 13.2. The minimum absolute atomic E-state index is 0.150. The number of hydrogen-bond donors (Lipinski definition) is 2. The van der Waals surface area contributed by atoms with Crippen molar-refractivity contribution < 1.29 is 41.0 Å². The van der Waals surface area contributed by atoms with E-state index < -0.39 is 29.8 Å². The Kier molecular flexibility index (Phi) is 5.74. The van der Waals surface area contributed by atoms with E-state index in [1.165, 1.54) is 0 Å². The van der Waals surface area contributed by atoms with Crippen LogP contribution in [0, 0.1) is 0 Å². The number of piperazine rings is 1. The van der Waals surface area contributed by atoms with Crippen molar-refractivity contribution in [1.82, 2.24) is 10.2 Å². The molecule has 11 heteroatoms. The van der Waals surface area contributed by atoms with Crippen LogP contribution < -0.4 is 5.32 Å². The van der Waals surface area contributed by atoms with Gasteiger partial charge in [0, 0.05) is 19.6 Å². The van der Waals surface area contributed by atoms with E-state index >= 15 is 0 Å². The number of carbonyl (C=O) groups excluding carboxylic acids is 1. The molecule has 1 atom stereocenters. The lowest BCUT2D eigenvalue weighted by atomic mass is 9.94. The van der Waals surface area contributed by atoms with Crippen molar-refractivity contribution in [3.05, 3.63) is 34.4 Å². The van der Waals surface area contributed by atoms with Crippen molar-refractivity contribution in [3.63, 3.8) is 0 Å². The Balaban J connectivity index is 0.000000321. The van der Waals surface area contributed by atoms with Crippen molar-refractivity contribution in [3.8, 4) is 0 Å². The zero-order chi connectivity index (χ0) is 20.6. The van der Waals surface area contributed by atoms with Gasteiger partial charge in [0.15, 0.2) is 0 Å². The zero-order valence-corrected chi connectivity index (χ0v) is 14.0. The molecule has 0 spiro atoms. The molecule has 2 aliphatic rings. The van der Waals surface area contributed by atoms with Gasteiger partial charge in [-0.3, -0.25) is 4.79 Å². The Morgan fingerprint density at radius 1 is 1.26 bits per heavy atom. The second kappa shape index (κ2) is 7.37. The van der Waals surface area contributed by atoms with E-state index in [0.717, 1.165) is 6.07 Å². The Morgan fingerprint density at radius 3 is 2.33 bits per heavy atom. The van der Waals surface area contributed by atoms with E-state index in [1.807, 2.05) is 6.92 Å². The fourth-order valence-corrected chi connectivity index (χ4v) is 3.02. The summed E-state index contributed by atoms with van der Waals surface area (Å²) in [6.07, 6.45) is -9.06. The summed E-state index contributed by atoms with van der Waals surface area (Å²) in [5, 5.41) is 10.3. The van der Waals surface area contributed by atoms with Gasteiger partial charge in [0.25, 0.3) is 5.91 Å². The topological polar surface area (TPSA) is 69.6 Å². The summed E-state index contributed by atoms with van der Waals surface area (Å²) in [5.41, 5.74) is 0.208. The van der Waals surface area contributed by atoms with Gasteiger partial charge in [-0.1, -0.05) is 13.0 Å². The van der Waals surface area contributed by atoms with Gasteiger partial charge in [0.2, 0.25) is 0 Å². The molecular weight excluding hydrogens is 382 g/mol. The lowest BCUT2D eigenvalue weighted by molar-refractivity contribution is -0.192. The number of aryl methyl sites for hydroxylation is 1. The van der Waals surface area contributed by atoms with Crippen LogP contribution in [0.2, 0.25) is 0 Å². The van der Waals surface area contributed by atoms with Crippen LogP contribution in [0.5, 0.6) is 0 Å². The molecule has 27 heavy (non-hydrogen) atoms. The van der Waals surface area contributed by atoms with E-state index in [9.17, 15) is 31.1 Å². The molecule has 0 aliphatic carbocycles. The fourth-order valence-electron chi connectivity index (χ4n) is 3.02. The summed E-state index contributed by atoms with van der Waals surface area (Å²) in [7, 11) is 0. The number of nitrogens with zero attached hydrogens (tertiary/aromatic N) is 1. The molecule has 2 N–H and O–H groups in total. The maximum Gasteiger partial charge on any atom is 0.490 e. The molecule has 1 fully saturated rings. The zero-order valence-electron chi connectivity index (χ0n) is 14.0. The van der Waals surface area contributed by atoms with E-state index in [0.29, 0.717) is 37.2 Å². The molecule has 1 amide bonds. The predicted octanol–water partition coefficient (Wildman–Crippen LogP) is 3.00. The highest BCUT2D eigenvalue weighted by Crippen LogP contribution is 2.42. The van der Waals surface area contributed by atoms with Crippen molar-refractivity contribution in [2.45, 2.75) is 31.7 Å². The number of fused-ring (bicyclic) bond motifs is 3. The molecule has 1 saturated heterocycles. The van der Waals surface area contributed by atoms with Gasteiger partial charge in [-0.05, 0) is 23.6 Å². The Bertz CT molecular complexity index is 745. The van der Waals surface area contributed by atoms with Crippen molar-refractivity contribution in [2.75, 3.05) is 19.6 Å².